The number of benzene rings is 1. The molecule has 0 saturated heterocycles. The second-order valence-electron chi connectivity index (χ2n) is 6.81. The molecular formula is C21H24N2O4S. The van der Waals surface area contributed by atoms with Gasteiger partial charge >= 0.3 is 0 Å². The van der Waals surface area contributed by atoms with Gasteiger partial charge in [-0.3, -0.25) is 4.79 Å². The number of carbonyl (C=O) groups is 1. The summed E-state index contributed by atoms with van der Waals surface area (Å²) in [4.78, 5) is 18.3. The second-order valence-corrected chi connectivity index (χ2v) is 7.97. The Hall–Kier alpha value is -2.54. The fraction of sp³-hybridized carbons (Fsp3) is 0.429. The lowest BCUT2D eigenvalue weighted by molar-refractivity contribution is -0.116. The molecule has 7 heteroatoms. The molecule has 1 aromatic carbocycles. The first-order valence-corrected chi connectivity index (χ1v) is 10.5. The lowest BCUT2D eigenvalue weighted by atomic mass is 10.0. The molecule has 148 valence electrons. The van der Waals surface area contributed by atoms with Crippen LogP contribution >= 0.6 is 11.3 Å². The summed E-state index contributed by atoms with van der Waals surface area (Å²) in [5, 5.41) is 4.04. The lowest BCUT2D eigenvalue weighted by Crippen LogP contribution is -2.23. The molecule has 6 nitrogen and oxygen atoms in total. The highest BCUT2D eigenvalue weighted by Crippen LogP contribution is 2.40. The first-order chi connectivity index (χ1) is 13.7. The number of rotatable bonds is 6. The summed E-state index contributed by atoms with van der Waals surface area (Å²) in [7, 11) is 1.59. The molecule has 1 aromatic heterocycles. The quantitative estimate of drug-likeness (QED) is 0.755. The molecule has 0 bridgehead atoms. The molecule has 2 aromatic rings. The number of carbonyl (C=O) groups excluding carboxylic acids is 1. The van der Waals surface area contributed by atoms with Crippen LogP contribution in [0.15, 0.2) is 18.2 Å². The molecule has 0 radical (unpaired) electrons. The van der Waals surface area contributed by atoms with Crippen molar-refractivity contribution in [1.29, 1.82) is 0 Å². The van der Waals surface area contributed by atoms with Crippen molar-refractivity contribution in [2.45, 2.75) is 32.1 Å². The standard InChI is InChI=1S/C21H24N2O4S/c1-25-16-12-14(13-17-21(16)27-11-10-26-17)6-7-19(24)22-9-8-20-23-15-4-2-3-5-18(15)28-20/h6-7,12-13H,2-5,8-11H2,1H3,(H,22,24)/b7-6-. The minimum atomic E-state index is -0.129. The van der Waals surface area contributed by atoms with E-state index in [0.29, 0.717) is 37.0 Å². The number of hydrogen-bond acceptors (Lipinski definition) is 6. The zero-order valence-corrected chi connectivity index (χ0v) is 16.8. The summed E-state index contributed by atoms with van der Waals surface area (Å²) in [6, 6.07) is 3.68. The fourth-order valence-electron chi connectivity index (χ4n) is 3.43. The van der Waals surface area contributed by atoms with Crippen LogP contribution in [0.3, 0.4) is 0 Å². The molecule has 2 heterocycles. The Bertz CT molecular complexity index is 850. The van der Waals surface area contributed by atoms with E-state index in [2.05, 4.69) is 5.32 Å². The van der Waals surface area contributed by atoms with E-state index in [4.69, 9.17) is 19.2 Å². The van der Waals surface area contributed by atoms with Crippen LogP contribution in [0.25, 0.3) is 6.08 Å². The average molecular weight is 401 g/mol. The van der Waals surface area contributed by atoms with Crippen LogP contribution in [0.2, 0.25) is 0 Å². The summed E-state index contributed by atoms with van der Waals surface area (Å²) < 4.78 is 16.6. The van der Waals surface area contributed by atoms with Crippen molar-refractivity contribution in [3.05, 3.63) is 39.4 Å². The van der Waals surface area contributed by atoms with E-state index in [-0.39, 0.29) is 5.91 Å². The number of thiazole rings is 1. The van der Waals surface area contributed by atoms with Crippen molar-refractivity contribution < 1.29 is 19.0 Å². The highest BCUT2D eigenvalue weighted by Gasteiger charge is 2.18. The topological polar surface area (TPSA) is 69.7 Å². The van der Waals surface area contributed by atoms with E-state index in [0.717, 1.165) is 29.8 Å². The smallest absolute Gasteiger partial charge is 0.244 e. The number of ether oxygens (including phenoxy) is 3. The van der Waals surface area contributed by atoms with Gasteiger partial charge in [-0.1, -0.05) is 0 Å². The Kier molecular flexibility index (Phi) is 5.81. The van der Waals surface area contributed by atoms with Crippen molar-refractivity contribution in [3.8, 4) is 17.2 Å². The maximum Gasteiger partial charge on any atom is 0.244 e. The van der Waals surface area contributed by atoms with E-state index in [1.54, 1.807) is 24.5 Å². The molecule has 1 aliphatic carbocycles. The zero-order valence-electron chi connectivity index (χ0n) is 16.0. The number of nitrogens with one attached hydrogen (secondary N) is 1. The van der Waals surface area contributed by atoms with Gasteiger partial charge in [-0.05, 0) is 49.5 Å². The number of aryl methyl sites for hydroxylation is 2. The van der Waals surface area contributed by atoms with Gasteiger partial charge in [-0.2, -0.15) is 0 Å². The van der Waals surface area contributed by atoms with Gasteiger partial charge in [-0.15, -0.1) is 11.3 Å². The van der Waals surface area contributed by atoms with E-state index in [9.17, 15) is 4.79 Å². The lowest BCUT2D eigenvalue weighted by Gasteiger charge is -2.20. The van der Waals surface area contributed by atoms with Gasteiger partial charge in [0.25, 0.3) is 0 Å². The van der Waals surface area contributed by atoms with Gasteiger partial charge in [0.15, 0.2) is 11.5 Å². The van der Waals surface area contributed by atoms with Gasteiger partial charge in [0.1, 0.15) is 13.2 Å². The van der Waals surface area contributed by atoms with Gasteiger partial charge in [-0.25, -0.2) is 4.98 Å². The molecule has 0 unspecified atom stereocenters. The maximum atomic E-state index is 12.1. The molecular weight excluding hydrogens is 376 g/mol. The van der Waals surface area contributed by atoms with Crippen molar-refractivity contribution in [2.75, 3.05) is 26.9 Å². The molecule has 0 saturated carbocycles. The number of fused-ring (bicyclic) bond motifs is 2. The molecule has 0 atom stereocenters. The Morgan fingerprint density at radius 3 is 3.00 bits per heavy atom. The average Bonchev–Trinajstić information content (AvgIpc) is 3.14. The number of aromatic nitrogens is 1. The van der Waals surface area contributed by atoms with Crippen LogP contribution < -0.4 is 19.5 Å². The van der Waals surface area contributed by atoms with Crippen LogP contribution in [-0.2, 0) is 24.1 Å². The number of hydrogen-bond donors (Lipinski definition) is 1. The monoisotopic (exact) mass is 400 g/mol. The van der Waals surface area contributed by atoms with Crippen molar-refractivity contribution >= 4 is 23.3 Å². The van der Waals surface area contributed by atoms with Crippen LogP contribution in [-0.4, -0.2) is 37.8 Å². The summed E-state index contributed by atoms with van der Waals surface area (Å²) in [5.74, 6) is 1.72. The predicted octanol–water partition coefficient (Wildman–Crippen LogP) is 3.17. The number of nitrogens with zero attached hydrogens (tertiary/aromatic N) is 1. The summed E-state index contributed by atoms with van der Waals surface area (Å²) in [5.41, 5.74) is 2.09. The van der Waals surface area contributed by atoms with Crippen LogP contribution in [0.4, 0.5) is 0 Å². The predicted molar refractivity (Wildman–Crippen MR) is 108 cm³/mol. The van der Waals surface area contributed by atoms with Crippen LogP contribution in [0, 0.1) is 0 Å². The molecule has 0 fully saturated rings. The van der Waals surface area contributed by atoms with E-state index in [1.807, 2.05) is 12.1 Å². The molecule has 28 heavy (non-hydrogen) atoms. The summed E-state index contributed by atoms with van der Waals surface area (Å²) in [6.45, 7) is 1.59. The van der Waals surface area contributed by atoms with Gasteiger partial charge < -0.3 is 19.5 Å². The van der Waals surface area contributed by atoms with E-state index >= 15 is 0 Å². The minimum absolute atomic E-state index is 0.129. The highest BCUT2D eigenvalue weighted by atomic mass is 32.1. The third-order valence-corrected chi connectivity index (χ3v) is 6.02. The molecule has 0 spiro atoms. The fourth-order valence-corrected chi connectivity index (χ4v) is 4.58. The van der Waals surface area contributed by atoms with Gasteiger partial charge in [0.05, 0.1) is 17.8 Å². The Morgan fingerprint density at radius 1 is 1.29 bits per heavy atom. The minimum Gasteiger partial charge on any atom is -0.493 e. The van der Waals surface area contributed by atoms with E-state index in [1.165, 1.54) is 29.5 Å². The van der Waals surface area contributed by atoms with E-state index < -0.39 is 0 Å². The maximum absolute atomic E-state index is 12.1. The summed E-state index contributed by atoms with van der Waals surface area (Å²) in [6.07, 6.45) is 8.80. The van der Waals surface area contributed by atoms with Crippen LogP contribution in [0.5, 0.6) is 17.2 Å². The third-order valence-electron chi connectivity index (χ3n) is 4.81. The Morgan fingerprint density at radius 2 is 2.14 bits per heavy atom. The normalized spacial score (nSPS) is 15.3. The SMILES string of the molecule is COc1cc(/C=C\C(=O)NCCc2nc3c(s2)CCCC3)cc2c1OCCO2. The highest BCUT2D eigenvalue weighted by molar-refractivity contribution is 7.11. The number of methoxy groups -OCH3 is 1. The molecule has 1 N–H and O–H groups in total. The van der Waals surface area contributed by atoms with Gasteiger partial charge in [0, 0.05) is 23.9 Å². The molecule has 4 rings (SSSR count). The van der Waals surface area contributed by atoms with Crippen molar-refractivity contribution in [1.82, 2.24) is 10.3 Å². The van der Waals surface area contributed by atoms with Crippen LogP contribution in [0.1, 0.15) is 34.0 Å². The molecule has 2 aliphatic rings. The molecule has 1 aliphatic heterocycles. The second kappa shape index (κ2) is 8.65. The number of amides is 1. The molecule has 1 amide bonds. The largest absolute Gasteiger partial charge is 0.493 e. The zero-order chi connectivity index (χ0) is 19.3. The van der Waals surface area contributed by atoms with Crippen molar-refractivity contribution in [3.63, 3.8) is 0 Å². The first-order valence-electron chi connectivity index (χ1n) is 9.64. The summed E-state index contributed by atoms with van der Waals surface area (Å²) >= 11 is 1.79. The first kappa shape index (κ1) is 18.8. The third kappa shape index (κ3) is 4.30. The Balaban J connectivity index is 1.32. The van der Waals surface area contributed by atoms with Crippen molar-refractivity contribution in [2.24, 2.45) is 0 Å². The Labute approximate surface area is 168 Å². The van der Waals surface area contributed by atoms with Gasteiger partial charge in [0.2, 0.25) is 11.7 Å².